The van der Waals surface area contributed by atoms with Crippen molar-refractivity contribution in [2.24, 2.45) is 0 Å². The molecule has 1 aliphatic rings. The summed E-state index contributed by atoms with van der Waals surface area (Å²) in [5.41, 5.74) is 0.126. The average Bonchev–Trinajstić information content (AvgIpc) is 3.46. The number of hydrogen-bond acceptors (Lipinski definition) is 2. The van der Waals surface area contributed by atoms with Crippen molar-refractivity contribution in [3.05, 3.63) is 72.8 Å². The largest absolute Gasteiger partial charge is 0.368 e. The molecule has 1 saturated heterocycles. The summed E-state index contributed by atoms with van der Waals surface area (Å²) < 4.78 is 6.40. The molecule has 0 bridgehead atoms. The van der Waals surface area contributed by atoms with E-state index >= 15 is 0 Å². The first-order valence-electron chi connectivity index (χ1n) is 11.3. The Morgan fingerprint density at radius 1 is 0.806 bits per heavy atom. The lowest BCUT2D eigenvalue weighted by Gasteiger charge is -2.43. The third kappa shape index (κ3) is 4.30. The third-order valence-electron chi connectivity index (χ3n) is 7.52. The normalized spacial score (nSPS) is 20.1. The summed E-state index contributed by atoms with van der Waals surface area (Å²) in [5.74, 6) is 0. The van der Waals surface area contributed by atoms with Gasteiger partial charge >= 0.3 is 0 Å². The van der Waals surface area contributed by atoms with E-state index in [2.05, 4.69) is 115 Å². The fourth-order valence-corrected chi connectivity index (χ4v) is 11.8. The molecule has 0 unspecified atom stereocenters. The zero-order valence-electron chi connectivity index (χ0n) is 20.4. The Labute approximate surface area is 190 Å². The van der Waals surface area contributed by atoms with E-state index in [1.807, 2.05) is 12.2 Å². The van der Waals surface area contributed by atoms with Crippen LogP contribution in [-0.2, 0) is 9.53 Å². The number of allylic oxidation sites excluding steroid dienone is 1. The van der Waals surface area contributed by atoms with E-state index in [1.165, 1.54) is 10.4 Å². The molecule has 0 amide bonds. The molecule has 3 rings (SSSR count). The van der Waals surface area contributed by atoms with Crippen molar-refractivity contribution < 1.29 is 9.53 Å². The second-order valence-corrected chi connectivity index (χ2v) is 21.5. The molecule has 0 saturated carbocycles. The molecular weight excluding hydrogens is 412 g/mol. The molecule has 1 heterocycles. The van der Waals surface area contributed by atoms with E-state index in [4.69, 9.17) is 4.74 Å². The molecule has 4 heteroatoms. The van der Waals surface area contributed by atoms with Gasteiger partial charge in [0.05, 0.1) is 5.73 Å². The predicted octanol–water partition coefficient (Wildman–Crippen LogP) is 5.53. The van der Waals surface area contributed by atoms with Crippen LogP contribution in [0.25, 0.3) is 0 Å². The van der Waals surface area contributed by atoms with Gasteiger partial charge in [-0.15, -0.1) is 0 Å². The first-order valence-corrected chi connectivity index (χ1v) is 16.4. The summed E-state index contributed by atoms with van der Waals surface area (Å²) in [7, 11) is -4.36. The van der Waals surface area contributed by atoms with Crippen molar-refractivity contribution in [3.8, 4) is 0 Å². The topological polar surface area (TPSA) is 29.6 Å². The zero-order chi connectivity index (χ0) is 23.1. The molecule has 2 atom stereocenters. The molecule has 0 N–H and O–H groups in total. The van der Waals surface area contributed by atoms with Gasteiger partial charge in [-0.3, -0.25) is 0 Å². The summed E-state index contributed by atoms with van der Waals surface area (Å²) in [5, 5.41) is 3.18. The highest BCUT2D eigenvalue weighted by Crippen LogP contribution is 2.46. The van der Waals surface area contributed by atoms with E-state index in [1.54, 1.807) is 0 Å². The molecule has 0 spiro atoms. The molecule has 1 aliphatic heterocycles. The Balaban J connectivity index is 2.01. The van der Waals surface area contributed by atoms with Crippen LogP contribution in [0.4, 0.5) is 0 Å². The van der Waals surface area contributed by atoms with Crippen LogP contribution in [0.3, 0.4) is 0 Å². The van der Waals surface area contributed by atoms with Gasteiger partial charge in [0, 0.05) is 0 Å². The van der Waals surface area contributed by atoms with Gasteiger partial charge in [0.25, 0.3) is 0 Å². The summed E-state index contributed by atoms with van der Waals surface area (Å²) in [6, 6.07) is 21.8. The summed E-state index contributed by atoms with van der Waals surface area (Å²) in [6.45, 7) is 17.9. The highest BCUT2D eigenvalue weighted by atomic mass is 28.3. The average molecular weight is 451 g/mol. The second kappa shape index (κ2) is 8.30. The number of benzene rings is 2. The minimum Gasteiger partial charge on any atom is -0.368 e. The zero-order valence-corrected chi connectivity index (χ0v) is 22.4. The van der Waals surface area contributed by atoms with Gasteiger partial charge in [0.15, 0.2) is 8.07 Å². The highest BCUT2D eigenvalue weighted by Gasteiger charge is 2.62. The number of epoxide rings is 1. The highest BCUT2D eigenvalue weighted by molar-refractivity contribution is 7.07. The van der Waals surface area contributed by atoms with Crippen LogP contribution in [0.15, 0.2) is 72.8 Å². The predicted molar refractivity (Wildman–Crippen MR) is 138 cm³/mol. The molecule has 2 aromatic carbocycles. The van der Waals surface area contributed by atoms with Crippen molar-refractivity contribution in [1.82, 2.24) is 0 Å². The van der Waals surface area contributed by atoms with Gasteiger partial charge in [-0.2, -0.15) is 0 Å². The monoisotopic (exact) mass is 450 g/mol. The van der Waals surface area contributed by atoms with Crippen LogP contribution in [0, 0.1) is 0 Å². The maximum absolute atomic E-state index is 13.1. The lowest BCUT2D eigenvalue weighted by molar-refractivity contribution is -0.108. The molecule has 2 nitrogen and oxygen atoms in total. The Kier molecular flexibility index (Phi) is 6.40. The second-order valence-electron chi connectivity index (χ2n) is 11.4. The molecular formula is C27H38O2Si2. The standard InChI is InChI=1S/C27H38O2Si2/c1-26(2,3)30(7,8)24(28)20-19-23-25(29-23)31(27(4,5)6,21-15-11-9-12-16-21)22-17-13-10-14-18-22/h9-20,23,25H,1-8H3/b20-19+/t23-,25+/m0/s1. The number of carbonyl (C=O) groups is 1. The molecule has 0 aromatic heterocycles. The van der Waals surface area contributed by atoms with Gasteiger partial charge < -0.3 is 9.53 Å². The molecule has 1 fully saturated rings. The Morgan fingerprint density at radius 2 is 1.26 bits per heavy atom. The van der Waals surface area contributed by atoms with Crippen LogP contribution in [0.1, 0.15) is 41.5 Å². The maximum Gasteiger partial charge on any atom is 0.157 e. The number of ether oxygens (including phenoxy) is 1. The van der Waals surface area contributed by atoms with Gasteiger partial charge in [0.1, 0.15) is 19.6 Å². The van der Waals surface area contributed by atoms with Crippen molar-refractivity contribution in [2.45, 2.75) is 76.5 Å². The Hall–Kier alpha value is -1.76. The van der Waals surface area contributed by atoms with Crippen molar-refractivity contribution in [3.63, 3.8) is 0 Å². The molecule has 166 valence electrons. The van der Waals surface area contributed by atoms with Gasteiger partial charge in [-0.25, -0.2) is 0 Å². The van der Waals surface area contributed by atoms with Crippen molar-refractivity contribution >= 4 is 31.9 Å². The summed E-state index contributed by atoms with van der Waals surface area (Å²) in [6.07, 6.45) is 3.88. The van der Waals surface area contributed by atoms with E-state index in [0.717, 1.165) is 0 Å². The number of rotatable bonds is 6. The van der Waals surface area contributed by atoms with Gasteiger partial charge in [0.2, 0.25) is 0 Å². The summed E-state index contributed by atoms with van der Waals surface area (Å²) >= 11 is 0. The molecule has 2 aromatic rings. The third-order valence-corrected chi connectivity index (χ3v) is 18.8. The molecule has 0 radical (unpaired) electrons. The maximum atomic E-state index is 13.1. The summed E-state index contributed by atoms with van der Waals surface area (Å²) in [4.78, 5) is 13.1. The van der Waals surface area contributed by atoms with E-state index in [0.29, 0.717) is 5.41 Å². The Bertz CT molecular complexity index is 895. The van der Waals surface area contributed by atoms with Gasteiger partial charge in [-0.05, 0) is 16.2 Å². The first-order chi connectivity index (χ1) is 14.3. The minimum absolute atomic E-state index is 0.0000206. The number of hydrogen-bond donors (Lipinski definition) is 0. The molecule has 31 heavy (non-hydrogen) atoms. The van der Waals surface area contributed by atoms with E-state index < -0.39 is 16.1 Å². The Morgan fingerprint density at radius 3 is 1.65 bits per heavy atom. The van der Waals surface area contributed by atoms with Gasteiger partial charge in [-0.1, -0.05) is 132 Å². The first kappa shape index (κ1) is 23.9. The fourth-order valence-electron chi connectivity index (χ4n) is 4.57. The minimum atomic E-state index is -2.31. The van der Waals surface area contributed by atoms with Crippen LogP contribution in [0.2, 0.25) is 23.2 Å². The quantitative estimate of drug-likeness (QED) is 0.329. The van der Waals surface area contributed by atoms with Crippen LogP contribution in [0.5, 0.6) is 0 Å². The van der Waals surface area contributed by atoms with Crippen LogP contribution in [-0.4, -0.2) is 33.4 Å². The van der Waals surface area contributed by atoms with E-state index in [-0.39, 0.29) is 21.9 Å². The van der Waals surface area contributed by atoms with Crippen molar-refractivity contribution in [1.29, 1.82) is 0 Å². The fraction of sp³-hybridized carbons (Fsp3) is 0.444. The van der Waals surface area contributed by atoms with E-state index in [9.17, 15) is 4.79 Å². The SMILES string of the molecule is CC(C)(C)[Si](C)(C)C(=O)/C=C/[C@@H]1O[C@@H]1[Si](c1ccccc1)(c1ccccc1)C(C)(C)C. The lowest BCUT2D eigenvalue weighted by Crippen LogP contribution is -2.69. The van der Waals surface area contributed by atoms with Crippen LogP contribution < -0.4 is 10.4 Å². The smallest absolute Gasteiger partial charge is 0.157 e. The van der Waals surface area contributed by atoms with Crippen molar-refractivity contribution in [2.75, 3.05) is 0 Å². The molecule has 0 aliphatic carbocycles. The number of carbonyl (C=O) groups excluding carboxylic acids is 1. The lowest BCUT2D eigenvalue weighted by atomic mass is 10.2. The van der Waals surface area contributed by atoms with Crippen LogP contribution >= 0.6 is 0 Å².